The van der Waals surface area contributed by atoms with Gasteiger partial charge in [0.15, 0.2) is 0 Å². The molecule has 0 aromatic carbocycles. The molecule has 3 radical (unpaired) electrons. The van der Waals surface area contributed by atoms with Gasteiger partial charge < -0.3 is 144 Å². The standard InChI is InChI=1S/8As.3Ga.3In.3Mn/q8*-3;6*+3;3*+2. The maximum absolute atomic E-state index is 0. The van der Waals surface area contributed by atoms with Gasteiger partial charge in [0.1, 0.15) is 0 Å². The van der Waals surface area contributed by atoms with Crippen molar-refractivity contribution in [1.29, 1.82) is 0 Å². The van der Waals surface area contributed by atoms with E-state index in [1.54, 1.807) is 0 Å². The quantitative estimate of drug-likeness (QED) is 0.213. The Hall–Kier alpha value is 10.5. The molecule has 0 aliphatic carbocycles. The first-order valence-electron chi connectivity index (χ1n) is 0. The van der Waals surface area contributed by atoms with E-state index in [2.05, 4.69) is 0 Å². The molecule has 0 atom stereocenters. The minimum absolute atomic E-state index is 0. The van der Waals surface area contributed by atoms with E-state index in [1.807, 2.05) is 0 Å². The first kappa shape index (κ1) is 175. The largest absolute Gasteiger partial charge is 3.00 e. The van der Waals surface area contributed by atoms with Gasteiger partial charge in [0.25, 0.3) is 0 Å². The molecule has 0 aromatic heterocycles. The summed E-state index contributed by atoms with van der Waals surface area (Å²) in [5, 5.41) is 0. The van der Waals surface area contributed by atoms with Gasteiger partial charge in [-0.1, -0.05) is 0 Å². The molecular formula is As8Ga3In3Mn3. The predicted molar refractivity (Wildman–Crippen MR) is 80.6 cm³/mol. The molecule has 0 fully saturated rings. The van der Waals surface area contributed by atoms with E-state index >= 15 is 0 Å². The number of hydrogen-bond donors (Lipinski definition) is 0. The second-order valence-corrected chi connectivity index (χ2v) is 0. The van der Waals surface area contributed by atoms with E-state index in [4.69, 9.17) is 0 Å². The van der Waals surface area contributed by atoms with Crippen LogP contribution in [0.25, 0.3) is 0 Å². The van der Waals surface area contributed by atoms with Gasteiger partial charge in [-0.3, -0.25) is 0 Å². The molecular weight excluding hydrogens is 1320 g/mol. The Bertz CT molecular complexity index is 31.2. The Kier molecular flexibility index (Phi) is 1600. The van der Waals surface area contributed by atoms with Crippen LogP contribution in [-0.2, 0) is 51.2 Å². The molecule has 0 saturated carbocycles. The molecule has 0 bridgehead atoms. The second kappa shape index (κ2) is 156. The normalized spacial score (nSPS) is 0. The molecule has 0 heterocycles. The van der Waals surface area contributed by atoms with Crippen molar-refractivity contribution < 1.29 is 51.2 Å². The third kappa shape index (κ3) is 144. The topological polar surface area (TPSA) is 0 Å². The van der Waals surface area contributed by atoms with E-state index in [1.165, 1.54) is 0 Å². The third-order valence-electron chi connectivity index (χ3n) is 0. The predicted octanol–water partition coefficient (Wildman–Crippen LogP) is -5.34. The maximum atomic E-state index is 0. The van der Waals surface area contributed by atoms with Crippen molar-refractivity contribution in [2.45, 2.75) is 0 Å². The zero-order valence-corrected chi connectivity index (χ0v) is 43.9. The molecule has 0 aromatic rings. The molecule has 0 aliphatic heterocycles. The Morgan fingerprint density at radius 2 is 0.235 bits per heavy atom. The van der Waals surface area contributed by atoms with Gasteiger partial charge in [0.2, 0.25) is 0 Å². The van der Waals surface area contributed by atoms with Crippen LogP contribution >= 0.6 is 0 Å². The first-order valence-corrected chi connectivity index (χ1v) is 0. The van der Waals surface area contributed by atoms with Crippen molar-refractivity contribution in [3.05, 3.63) is 0 Å². The molecule has 79 valence electrons. The summed E-state index contributed by atoms with van der Waals surface area (Å²) in [7, 11) is 0. The molecule has 0 spiro atoms. The van der Waals surface area contributed by atoms with Gasteiger partial charge in [0, 0.05) is 0 Å². The summed E-state index contributed by atoms with van der Waals surface area (Å²) in [6, 6.07) is 0. The number of rotatable bonds is 0. The fraction of sp³-hybridized carbons (Fsp3) is 0. The SMILES string of the molecule is [As-3].[As-3].[As-3].[As-3].[As-3].[As-3].[As-3].[As-3].[Ga+3].[Ga+3].[Ga+3].[In+3].[In+3].[In+3].[Mn+2].[Mn+2].[Mn+2]. The molecule has 0 rings (SSSR count). The molecule has 0 nitrogen and oxygen atoms in total. The minimum Gasteiger partial charge on any atom is -3.00 e. The van der Waals surface area contributed by atoms with Gasteiger partial charge >= 0.3 is 188 Å². The summed E-state index contributed by atoms with van der Waals surface area (Å²) in [5.41, 5.74) is 0. The van der Waals surface area contributed by atoms with E-state index in [9.17, 15) is 0 Å². The zero-order valence-electron chi connectivity index (χ0n) is 8.18. The smallest absolute Gasteiger partial charge is 3.00 e. The summed E-state index contributed by atoms with van der Waals surface area (Å²) in [6.07, 6.45) is 0. The molecule has 0 aliphatic rings. The van der Waals surface area contributed by atoms with Crippen molar-refractivity contribution in [1.82, 2.24) is 0 Å². The second-order valence-electron chi connectivity index (χ2n) is 0. The van der Waals surface area contributed by atoms with Crippen LogP contribution in [0.15, 0.2) is 0 Å². The molecule has 17 heteroatoms. The summed E-state index contributed by atoms with van der Waals surface area (Å²) < 4.78 is 0. The maximum Gasteiger partial charge on any atom is 3.00 e. The fourth-order valence-electron chi connectivity index (χ4n) is 0. The van der Waals surface area contributed by atoms with Crippen molar-refractivity contribution in [2.24, 2.45) is 0 Å². The van der Waals surface area contributed by atoms with Crippen molar-refractivity contribution in [3.63, 3.8) is 0 Å². The summed E-state index contributed by atoms with van der Waals surface area (Å²) in [5.74, 6) is 0. The average molecular weight is 1320 g/mol. The van der Waals surface area contributed by atoms with Gasteiger partial charge in [-0.05, 0) is 0 Å². The fourth-order valence-corrected chi connectivity index (χ4v) is 0. The van der Waals surface area contributed by atoms with Gasteiger partial charge in [-0.15, -0.1) is 0 Å². The summed E-state index contributed by atoms with van der Waals surface area (Å²) in [4.78, 5) is 0. The Morgan fingerprint density at radius 1 is 0.235 bits per heavy atom. The van der Waals surface area contributed by atoms with Crippen LogP contribution in [0.3, 0.4) is 0 Å². The number of hydrogen-bond acceptors (Lipinski definition) is 0. The van der Waals surface area contributed by atoms with Gasteiger partial charge in [-0.25, -0.2) is 0 Å². The summed E-state index contributed by atoms with van der Waals surface area (Å²) in [6.45, 7) is 0. The van der Waals surface area contributed by atoms with Crippen LogP contribution in [0.1, 0.15) is 0 Å². The molecule has 17 heavy (non-hydrogen) atoms. The molecule has 0 unspecified atom stereocenters. The van der Waals surface area contributed by atoms with Crippen LogP contribution < -0.4 is 0 Å². The van der Waals surface area contributed by atoms with Crippen LogP contribution in [-0.4, -0.2) is 281 Å². The van der Waals surface area contributed by atoms with Crippen LogP contribution in [0.5, 0.6) is 0 Å². The van der Waals surface area contributed by atoms with Crippen LogP contribution in [0, 0.1) is 0 Å². The molecule has 0 amide bonds. The zero-order chi connectivity index (χ0) is 0. The third-order valence-corrected chi connectivity index (χ3v) is 0. The average Bonchev–Trinajstić information content (AvgIpc) is 0. The molecule has 0 N–H and O–H groups in total. The first-order chi connectivity index (χ1) is 0. The Labute approximate surface area is 323 Å². The van der Waals surface area contributed by atoms with Crippen molar-refractivity contribution >= 4 is 281 Å². The minimum atomic E-state index is 0. The Morgan fingerprint density at radius 3 is 0.235 bits per heavy atom. The van der Waals surface area contributed by atoms with Gasteiger partial charge in [0.05, 0.1) is 0 Å². The van der Waals surface area contributed by atoms with Crippen LogP contribution in [0.2, 0.25) is 0 Å². The monoisotopic (exact) mass is 1320 g/mol. The van der Waals surface area contributed by atoms with Crippen molar-refractivity contribution in [2.75, 3.05) is 0 Å². The van der Waals surface area contributed by atoms with E-state index in [-0.39, 0.29) is 332 Å². The van der Waals surface area contributed by atoms with Crippen molar-refractivity contribution in [3.8, 4) is 0 Å². The van der Waals surface area contributed by atoms with E-state index in [0.29, 0.717) is 0 Å². The molecule has 0 saturated heterocycles. The van der Waals surface area contributed by atoms with E-state index in [0.717, 1.165) is 0 Å². The summed E-state index contributed by atoms with van der Waals surface area (Å²) >= 11 is 0. The Balaban J connectivity index is 0. The van der Waals surface area contributed by atoms with Crippen LogP contribution in [0.4, 0.5) is 0 Å². The van der Waals surface area contributed by atoms with Gasteiger partial charge in [-0.2, -0.15) is 0 Å². The van der Waals surface area contributed by atoms with E-state index < -0.39 is 0 Å².